The third kappa shape index (κ3) is 2.62. The van der Waals surface area contributed by atoms with E-state index in [0.29, 0.717) is 5.82 Å². The molecule has 1 aromatic carbocycles. The van der Waals surface area contributed by atoms with E-state index in [2.05, 4.69) is 9.97 Å². The van der Waals surface area contributed by atoms with Gasteiger partial charge in [0.25, 0.3) is 0 Å². The maximum absolute atomic E-state index is 11.3. The molecule has 0 fully saturated rings. The Hall–Kier alpha value is -2.23. The van der Waals surface area contributed by atoms with Crippen molar-refractivity contribution in [1.82, 2.24) is 9.97 Å². The number of hydrogen-bond donors (Lipinski definition) is 1. The zero-order chi connectivity index (χ0) is 14.0. The van der Waals surface area contributed by atoms with E-state index in [-0.39, 0.29) is 0 Å². The van der Waals surface area contributed by atoms with Crippen molar-refractivity contribution in [2.45, 2.75) is 26.2 Å². The van der Waals surface area contributed by atoms with Gasteiger partial charge in [-0.2, -0.15) is 0 Å². The molecule has 0 aliphatic heterocycles. The Labute approximate surface area is 112 Å². The summed E-state index contributed by atoms with van der Waals surface area (Å²) >= 11 is 0. The van der Waals surface area contributed by atoms with E-state index in [0.717, 1.165) is 17.0 Å². The smallest absolute Gasteiger partial charge is 0.316 e. The molecule has 0 unspecified atom stereocenters. The van der Waals surface area contributed by atoms with Gasteiger partial charge in [0.1, 0.15) is 11.2 Å². The first-order valence-electron chi connectivity index (χ1n) is 6.06. The lowest BCUT2D eigenvalue weighted by atomic mass is 9.92. The average molecular weight is 256 g/mol. The fraction of sp³-hybridized carbons (Fsp3) is 0.267. The van der Waals surface area contributed by atoms with Crippen molar-refractivity contribution < 1.29 is 9.90 Å². The van der Waals surface area contributed by atoms with Crippen molar-refractivity contribution in [1.29, 1.82) is 0 Å². The van der Waals surface area contributed by atoms with E-state index < -0.39 is 11.4 Å². The van der Waals surface area contributed by atoms with Gasteiger partial charge in [-0.15, -0.1) is 0 Å². The molecule has 0 aliphatic rings. The van der Waals surface area contributed by atoms with Crippen LogP contribution < -0.4 is 0 Å². The predicted octanol–water partition coefficient (Wildman–Crippen LogP) is 2.81. The summed E-state index contributed by atoms with van der Waals surface area (Å²) in [5.74, 6) is -0.601. The topological polar surface area (TPSA) is 63.1 Å². The zero-order valence-electron chi connectivity index (χ0n) is 11.2. The van der Waals surface area contributed by atoms with Crippen molar-refractivity contribution in [3.63, 3.8) is 0 Å². The Balaban J connectivity index is 2.56. The van der Waals surface area contributed by atoms with Gasteiger partial charge in [0.15, 0.2) is 0 Å². The minimum Gasteiger partial charge on any atom is -0.481 e. The van der Waals surface area contributed by atoms with Crippen LogP contribution in [-0.2, 0) is 10.2 Å². The highest BCUT2D eigenvalue weighted by molar-refractivity contribution is 5.79. The van der Waals surface area contributed by atoms with Gasteiger partial charge in [-0.3, -0.25) is 4.79 Å². The van der Waals surface area contributed by atoms with Crippen LogP contribution in [0.2, 0.25) is 0 Å². The second-order valence-electron chi connectivity index (χ2n) is 5.01. The quantitative estimate of drug-likeness (QED) is 0.917. The first-order chi connectivity index (χ1) is 8.91. The summed E-state index contributed by atoms with van der Waals surface area (Å²) < 4.78 is 0. The molecule has 0 saturated heterocycles. The molecule has 0 spiro atoms. The summed E-state index contributed by atoms with van der Waals surface area (Å²) in [5.41, 5.74) is 1.36. The monoisotopic (exact) mass is 256 g/mol. The largest absolute Gasteiger partial charge is 0.481 e. The summed E-state index contributed by atoms with van der Waals surface area (Å²) in [4.78, 5) is 20.0. The van der Waals surface area contributed by atoms with Crippen LogP contribution in [0.5, 0.6) is 0 Å². The maximum atomic E-state index is 11.3. The fourth-order valence-corrected chi connectivity index (χ4v) is 1.70. The lowest BCUT2D eigenvalue weighted by Gasteiger charge is -2.18. The standard InChI is InChI=1S/C15H16N2O2/c1-10-9-12(11-7-5-4-6-8-11)17-13(16-10)15(2,3)14(18)19/h4-9H,1-3H3,(H,18,19). The normalized spacial score (nSPS) is 11.3. The number of aryl methyl sites for hydroxylation is 1. The molecular weight excluding hydrogens is 240 g/mol. The van der Waals surface area contributed by atoms with Crippen molar-refractivity contribution in [2.24, 2.45) is 0 Å². The lowest BCUT2D eigenvalue weighted by molar-refractivity contribution is -0.142. The van der Waals surface area contributed by atoms with Crippen LogP contribution >= 0.6 is 0 Å². The van der Waals surface area contributed by atoms with Crippen molar-refractivity contribution in [3.8, 4) is 11.3 Å². The van der Waals surface area contributed by atoms with Gasteiger partial charge in [-0.1, -0.05) is 30.3 Å². The van der Waals surface area contributed by atoms with E-state index >= 15 is 0 Å². The second-order valence-corrected chi connectivity index (χ2v) is 5.01. The molecule has 0 amide bonds. The molecule has 19 heavy (non-hydrogen) atoms. The van der Waals surface area contributed by atoms with Crippen LogP contribution in [-0.4, -0.2) is 21.0 Å². The van der Waals surface area contributed by atoms with Crippen LogP contribution in [0.25, 0.3) is 11.3 Å². The van der Waals surface area contributed by atoms with Crippen molar-refractivity contribution in [3.05, 3.63) is 47.9 Å². The van der Waals surface area contributed by atoms with E-state index in [9.17, 15) is 9.90 Å². The summed E-state index contributed by atoms with van der Waals surface area (Å²) in [5, 5.41) is 9.27. The van der Waals surface area contributed by atoms with Gasteiger partial charge < -0.3 is 5.11 Å². The molecule has 2 rings (SSSR count). The molecule has 0 saturated carbocycles. The summed E-state index contributed by atoms with van der Waals surface area (Å²) in [6.45, 7) is 5.06. The Morgan fingerprint density at radius 3 is 2.37 bits per heavy atom. The molecule has 0 radical (unpaired) electrons. The molecule has 1 N–H and O–H groups in total. The number of benzene rings is 1. The molecular formula is C15H16N2O2. The number of carboxylic acids is 1. The second kappa shape index (κ2) is 4.80. The Bertz CT molecular complexity index is 607. The van der Waals surface area contributed by atoms with Gasteiger partial charge >= 0.3 is 5.97 Å². The highest BCUT2D eigenvalue weighted by atomic mass is 16.4. The Kier molecular flexibility index (Phi) is 3.34. The number of carboxylic acid groups (broad SMARTS) is 1. The van der Waals surface area contributed by atoms with Gasteiger partial charge in [0, 0.05) is 11.3 Å². The fourth-order valence-electron chi connectivity index (χ4n) is 1.70. The molecule has 0 bridgehead atoms. The molecule has 1 aromatic heterocycles. The van der Waals surface area contributed by atoms with E-state index in [1.165, 1.54) is 0 Å². The van der Waals surface area contributed by atoms with E-state index in [4.69, 9.17) is 0 Å². The first kappa shape index (κ1) is 13.2. The number of nitrogens with zero attached hydrogens (tertiary/aromatic N) is 2. The van der Waals surface area contributed by atoms with Crippen molar-refractivity contribution >= 4 is 5.97 Å². The average Bonchev–Trinajstić information content (AvgIpc) is 2.39. The number of aromatic nitrogens is 2. The maximum Gasteiger partial charge on any atom is 0.316 e. The molecule has 0 aliphatic carbocycles. The molecule has 1 heterocycles. The van der Waals surface area contributed by atoms with Crippen LogP contribution in [0.3, 0.4) is 0 Å². The third-order valence-corrected chi connectivity index (χ3v) is 3.02. The predicted molar refractivity (Wildman–Crippen MR) is 72.9 cm³/mol. The molecule has 4 nitrogen and oxygen atoms in total. The van der Waals surface area contributed by atoms with Gasteiger partial charge in [0.2, 0.25) is 0 Å². The third-order valence-electron chi connectivity index (χ3n) is 3.02. The molecule has 4 heteroatoms. The number of carbonyl (C=O) groups is 1. The van der Waals surface area contributed by atoms with Crippen LogP contribution in [0, 0.1) is 6.92 Å². The van der Waals surface area contributed by atoms with Crippen LogP contribution in [0.4, 0.5) is 0 Å². The Morgan fingerprint density at radius 2 is 1.79 bits per heavy atom. The highest BCUT2D eigenvalue weighted by Crippen LogP contribution is 2.24. The van der Waals surface area contributed by atoms with E-state index in [1.54, 1.807) is 13.8 Å². The molecule has 0 atom stereocenters. The molecule has 2 aromatic rings. The summed E-state index contributed by atoms with van der Waals surface area (Å²) in [7, 11) is 0. The highest BCUT2D eigenvalue weighted by Gasteiger charge is 2.33. The lowest BCUT2D eigenvalue weighted by Crippen LogP contribution is -2.31. The van der Waals surface area contributed by atoms with Gasteiger partial charge in [-0.25, -0.2) is 9.97 Å². The number of aliphatic carboxylic acids is 1. The minimum absolute atomic E-state index is 0.332. The Morgan fingerprint density at radius 1 is 1.16 bits per heavy atom. The SMILES string of the molecule is Cc1cc(-c2ccccc2)nc(C(C)(C)C(=O)O)n1. The van der Waals surface area contributed by atoms with Crippen LogP contribution in [0.15, 0.2) is 36.4 Å². The summed E-state index contributed by atoms with van der Waals surface area (Å²) in [6, 6.07) is 11.5. The minimum atomic E-state index is -1.10. The zero-order valence-corrected chi connectivity index (χ0v) is 11.2. The first-order valence-corrected chi connectivity index (χ1v) is 6.06. The number of hydrogen-bond acceptors (Lipinski definition) is 3. The number of rotatable bonds is 3. The summed E-state index contributed by atoms with van der Waals surface area (Å²) in [6.07, 6.45) is 0. The van der Waals surface area contributed by atoms with Gasteiger partial charge in [-0.05, 0) is 26.8 Å². The van der Waals surface area contributed by atoms with Crippen LogP contribution in [0.1, 0.15) is 25.4 Å². The van der Waals surface area contributed by atoms with Crippen molar-refractivity contribution in [2.75, 3.05) is 0 Å². The molecule has 98 valence electrons. The van der Waals surface area contributed by atoms with Gasteiger partial charge in [0.05, 0.1) is 5.69 Å². The van der Waals surface area contributed by atoms with E-state index in [1.807, 2.05) is 43.3 Å².